The fourth-order valence-electron chi connectivity index (χ4n) is 3.79. The van der Waals surface area contributed by atoms with Crippen molar-refractivity contribution in [3.05, 3.63) is 74.9 Å². The van der Waals surface area contributed by atoms with Gasteiger partial charge < -0.3 is 11.1 Å². The number of nitrogens with zero attached hydrogens (tertiary/aromatic N) is 6. The van der Waals surface area contributed by atoms with Gasteiger partial charge in [-0.15, -0.1) is 0 Å². The fourth-order valence-corrected chi connectivity index (χ4v) is 3.79. The highest BCUT2D eigenvalue weighted by Crippen LogP contribution is 2.22. The number of nitrogens with two attached hydrogens (primary N) is 1. The third-order valence-corrected chi connectivity index (χ3v) is 5.48. The predicted molar refractivity (Wildman–Crippen MR) is 123 cm³/mol. The Morgan fingerprint density at radius 1 is 1.18 bits per heavy atom. The van der Waals surface area contributed by atoms with Gasteiger partial charge in [0.25, 0.3) is 11.6 Å². The number of aromatic nitrogens is 5. The number of non-ortho nitro benzene ring substituents is 1. The first-order valence-electron chi connectivity index (χ1n) is 10.4. The molecule has 0 unspecified atom stereocenters. The zero-order valence-electron chi connectivity index (χ0n) is 18.8. The molecule has 0 fully saturated rings. The summed E-state index contributed by atoms with van der Waals surface area (Å²) in [6.45, 7) is 5.44. The number of nitro benzene ring substituents is 1. The Balaban J connectivity index is 1.52. The van der Waals surface area contributed by atoms with Crippen molar-refractivity contribution < 1.29 is 14.5 Å². The second-order valence-corrected chi connectivity index (χ2v) is 7.82. The average molecular weight is 462 g/mol. The number of fused-ring (bicyclic) bond motifs is 1. The number of rotatable bonds is 7. The third kappa shape index (κ3) is 4.20. The molecule has 0 atom stereocenters. The SMILES string of the molecule is Cc1cc(NC(=O)CCc2c(C)nc3c(C(N)=O)cnn3c2C)n(-c2ccc([N+](=O)[O-])cc2)n1. The van der Waals surface area contributed by atoms with Crippen LogP contribution in [0.25, 0.3) is 11.3 Å². The predicted octanol–water partition coefficient (Wildman–Crippen LogP) is 2.42. The molecule has 0 aliphatic rings. The van der Waals surface area contributed by atoms with Crippen molar-refractivity contribution in [2.24, 2.45) is 5.73 Å². The quantitative estimate of drug-likeness (QED) is 0.314. The van der Waals surface area contributed by atoms with E-state index in [1.54, 1.807) is 29.6 Å². The maximum Gasteiger partial charge on any atom is 0.269 e. The Morgan fingerprint density at radius 3 is 2.53 bits per heavy atom. The van der Waals surface area contributed by atoms with E-state index in [2.05, 4.69) is 20.5 Å². The Hall–Kier alpha value is -4.61. The average Bonchev–Trinajstić information content (AvgIpc) is 3.37. The number of hydrogen-bond donors (Lipinski definition) is 2. The molecule has 0 radical (unpaired) electrons. The second-order valence-electron chi connectivity index (χ2n) is 7.82. The molecule has 2 amide bonds. The Bertz CT molecular complexity index is 1440. The van der Waals surface area contributed by atoms with Crippen molar-refractivity contribution in [1.29, 1.82) is 0 Å². The van der Waals surface area contributed by atoms with Crippen LogP contribution in [0.5, 0.6) is 0 Å². The van der Waals surface area contributed by atoms with Gasteiger partial charge in [0.15, 0.2) is 5.65 Å². The van der Waals surface area contributed by atoms with Crippen LogP contribution in [0.4, 0.5) is 11.5 Å². The number of hydrogen-bond acceptors (Lipinski definition) is 7. The van der Waals surface area contributed by atoms with E-state index in [4.69, 9.17) is 5.73 Å². The molecule has 0 spiro atoms. The fraction of sp³-hybridized carbons (Fsp3) is 0.227. The molecule has 12 nitrogen and oxygen atoms in total. The maximum atomic E-state index is 12.8. The number of aryl methyl sites for hydroxylation is 3. The van der Waals surface area contributed by atoms with E-state index in [0.29, 0.717) is 35.0 Å². The standard InChI is InChI=1S/C22H22N8O4/c1-12-10-19(29(27-12)15-4-6-16(7-5-15)30(33)34)26-20(31)9-8-17-13(2)25-22-18(21(23)32)11-24-28(22)14(17)3/h4-7,10-11H,8-9H2,1-3H3,(H2,23,32)(H,26,31). The topological polar surface area (TPSA) is 163 Å². The number of amides is 2. The summed E-state index contributed by atoms with van der Waals surface area (Å²) in [5.41, 5.74) is 9.56. The molecule has 4 aromatic rings. The number of carbonyl (C=O) groups excluding carboxylic acids is 2. The first-order chi connectivity index (χ1) is 16.2. The van der Waals surface area contributed by atoms with Crippen molar-refractivity contribution >= 4 is 29.0 Å². The Morgan fingerprint density at radius 2 is 1.88 bits per heavy atom. The van der Waals surface area contributed by atoms with Gasteiger partial charge in [0, 0.05) is 36.0 Å². The third-order valence-electron chi connectivity index (χ3n) is 5.48. The van der Waals surface area contributed by atoms with Gasteiger partial charge in [-0.2, -0.15) is 10.2 Å². The van der Waals surface area contributed by atoms with Crippen LogP contribution in [-0.4, -0.2) is 41.1 Å². The molecule has 3 heterocycles. The zero-order chi connectivity index (χ0) is 24.6. The smallest absolute Gasteiger partial charge is 0.269 e. The van der Waals surface area contributed by atoms with Crippen LogP contribution in [0.1, 0.15) is 39.4 Å². The van der Waals surface area contributed by atoms with Gasteiger partial charge in [-0.3, -0.25) is 19.7 Å². The van der Waals surface area contributed by atoms with Crippen molar-refractivity contribution in [1.82, 2.24) is 24.4 Å². The normalized spacial score (nSPS) is 11.0. The summed E-state index contributed by atoms with van der Waals surface area (Å²) in [6.07, 6.45) is 1.96. The number of primary amides is 1. The largest absolute Gasteiger partial charge is 0.365 e. The van der Waals surface area contributed by atoms with Crippen LogP contribution in [0.3, 0.4) is 0 Å². The van der Waals surface area contributed by atoms with E-state index < -0.39 is 10.8 Å². The van der Waals surface area contributed by atoms with E-state index in [1.807, 2.05) is 13.8 Å². The summed E-state index contributed by atoms with van der Waals surface area (Å²) < 4.78 is 3.07. The summed E-state index contributed by atoms with van der Waals surface area (Å²) >= 11 is 0. The lowest BCUT2D eigenvalue weighted by molar-refractivity contribution is -0.384. The van der Waals surface area contributed by atoms with Crippen LogP contribution >= 0.6 is 0 Å². The minimum absolute atomic E-state index is 0.0327. The van der Waals surface area contributed by atoms with E-state index in [-0.39, 0.29) is 23.6 Å². The molecule has 0 aliphatic carbocycles. The highest BCUT2D eigenvalue weighted by Gasteiger charge is 2.18. The molecule has 0 saturated carbocycles. The number of nitrogens with one attached hydrogen (secondary N) is 1. The van der Waals surface area contributed by atoms with E-state index in [1.165, 1.54) is 23.0 Å². The molecule has 1 aromatic carbocycles. The van der Waals surface area contributed by atoms with Gasteiger partial charge in [-0.1, -0.05) is 0 Å². The Labute approximate surface area is 193 Å². The number of anilines is 1. The number of carbonyl (C=O) groups is 2. The van der Waals surface area contributed by atoms with Gasteiger partial charge in [0.2, 0.25) is 5.91 Å². The Kier molecular flexibility index (Phi) is 5.80. The van der Waals surface area contributed by atoms with Crippen molar-refractivity contribution in [3.8, 4) is 5.69 Å². The molecule has 0 aliphatic heterocycles. The van der Waals surface area contributed by atoms with Crippen molar-refractivity contribution in [3.63, 3.8) is 0 Å². The van der Waals surface area contributed by atoms with Crippen molar-refractivity contribution in [2.75, 3.05) is 5.32 Å². The minimum Gasteiger partial charge on any atom is -0.365 e. The molecule has 0 saturated heterocycles. The van der Waals surface area contributed by atoms with Crippen LogP contribution < -0.4 is 11.1 Å². The van der Waals surface area contributed by atoms with Crippen LogP contribution in [0.2, 0.25) is 0 Å². The van der Waals surface area contributed by atoms with E-state index >= 15 is 0 Å². The molecule has 3 N–H and O–H groups in total. The molecule has 4 rings (SSSR count). The van der Waals surface area contributed by atoms with Gasteiger partial charge in [-0.25, -0.2) is 14.2 Å². The lowest BCUT2D eigenvalue weighted by Gasteiger charge is -2.12. The molecule has 12 heteroatoms. The monoisotopic (exact) mass is 462 g/mol. The summed E-state index contributed by atoms with van der Waals surface area (Å²) in [7, 11) is 0. The molecule has 3 aromatic heterocycles. The molecule has 174 valence electrons. The molecule has 0 bridgehead atoms. The van der Waals surface area contributed by atoms with E-state index in [0.717, 1.165) is 11.3 Å². The summed E-state index contributed by atoms with van der Waals surface area (Å²) in [5.74, 6) is -0.384. The van der Waals surface area contributed by atoms with E-state index in [9.17, 15) is 19.7 Å². The van der Waals surface area contributed by atoms with Crippen molar-refractivity contribution in [2.45, 2.75) is 33.6 Å². The van der Waals surface area contributed by atoms with Gasteiger partial charge in [-0.05, 0) is 44.9 Å². The van der Waals surface area contributed by atoms with Crippen LogP contribution in [0.15, 0.2) is 36.5 Å². The first-order valence-corrected chi connectivity index (χ1v) is 10.4. The number of nitro groups is 1. The van der Waals surface area contributed by atoms with Crippen LogP contribution in [0, 0.1) is 30.9 Å². The van der Waals surface area contributed by atoms with Gasteiger partial charge in [0.05, 0.1) is 22.5 Å². The lowest BCUT2D eigenvalue weighted by Crippen LogP contribution is -2.17. The van der Waals surface area contributed by atoms with Gasteiger partial charge in [0.1, 0.15) is 11.4 Å². The molecular weight excluding hydrogens is 440 g/mol. The second kappa shape index (κ2) is 8.73. The number of benzene rings is 1. The van der Waals surface area contributed by atoms with Gasteiger partial charge >= 0.3 is 0 Å². The maximum absolute atomic E-state index is 12.8. The summed E-state index contributed by atoms with van der Waals surface area (Å²) in [6, 6.07) is 7.62. The highest BCUT2D eigenvalue weighted by molar-refractivity contribution is 5.98. The minimum atomic E-state index is -0.603. The highest BCUT2D eigenvalue weighted by atomic mass is 16.6. The zero-order valence-corrected chi connectivity index (χ0v) is 18.8. The first kappa shape index (κ1) is 22.6. The van der Waals surface area contributed by atoms with Crippen LogP contribution in [-0.2, 0) is 11.2 Å². The molecule has 34 heavy (non-hydrogen) atoms. The lowest BCUT2D eigenvalue weighted by atomic mass is 10.1. The summed E-state index contributed by atoms with van der Waals surface area (Å²) in [4.78, 5) is 39.2. The summed E-state index contributed by atoms with van der Waals surface area (Å²) in [5, 5.41) is 22.3. The molecular formula is C22H22N8O4.